The minimum Gasteiger partial charge on any atom is -0.494 e. The first-order chi connectivity index (χ1) is 17.6. The maximum Gasteiger partial charge on any atom is 0.227 e. The van der Waals surface area contributed by atoms with Gasteiger partial charge in [-0.3, -0.25) is 4.79 Å². The molecule has 1 aliphatic carbocycles. The molecule has 2 fully saturated rings. The van der Waals surface area contributed by atoms with Crippen LogP contribution >= 0.6 is 0 Å². The normalized spacial score (nSPS) is 15.8. The van der Waals surface area contributed by atoms with E-state index in [1.54, 1.807) is 14.0 Å². The molecule has 0 radical (unpaired) electrons. The third-order valence-electron chi connectivity index (χ3n) is 7.04. The summed E-state index contributed by atoms with van der Waals surface area (Å²) in [6.07, 6.45) is 8.11. The van der Waals surface area contributed by atoms with E-state index in [9.17, 15) is 4.79 Å². The van der Waals surface area contributed by atoms with Gasteiger partial charge in [-0.1, -0.05) is 6.07 Å². The van der Waals surface area contributed by atoms with Crippen molar-refractivity contribution < 1.29 is 9.53 Å². The number of rotatable bonds is 6. The molecular formula is C27H29N7O2. The molecule has 1 amide bonds. The number of nitrogens with one attached hydrogen (secondary N) is 1. The molecule has 0 spiro atoms. The number of benzene rings is 1. The number of amides is 1. The Balaban J connectivity index is 1.28. The van der Waals surface area contributed by atoms with Gasteiger partial charge in [-0.25, -0.2) is 14.5 Å². The molecule has 9 heteroatoms. The molecule has 2 aliphatic rings. The van der Waals surface area contributed by atoms with Gasteiger partial charge in [0, 0.05) is 68.4 Å². The molecule has 0 unspecified atom stereocenters. The van der Waals surface area contributed by atoms with Gasteiger partial charge < -0.3 is 19.9 Å². The summed E-state index contributed by atoms with van der Waals surface area (Å²) in [6.45, 7) is 4.67. The van der Waals surface area contributed by atoms with Crippen molar-refractivity contribution in [1.29, 1.82) is 0 Å². The zero-order chi connectivity index (χ0) is 24.6. The number of anilines is 3. The van der Waals surface area contributed by atoms with Crippen molar-refractivity contribution in [3.8, 4) is 17.0 Å². The van der Waals surface area contributed by atoms with Crippen molar-refractivity contribution in [3.63, 3.8) is 0 Å². The topological polar surface area (TPSA) is 87.9 Å². The van der Waals surface area contributed by atoms with E-state index >= 15 is 0 Å². The number of pyridine rings is 1. The van der Waals surface area contributed by atoms with E-state index in [1.165, 1.54) is 5.56 Å². The van der Waals surface area contributed by atoms with Gasteiger partial charge in [-0.15, -0.1) is 0 Å². The number of hydrogen-bond donors (Lipinski definition) is 1. The Hall–Kier alpha value is -4.14. The lowest BCUT2D eigenvalue weighted by Crippen LogP contribution is -2.48. The van der Waals surface area contributed by atoms with Crippen LogP contribution in [0, 0.1) is 0 Å². The first-order valence-electron chi connectivity index (χ1n) is 12.4. The van der Waals surface area contributed by atoms with Gasteiger partial charge >= 0.3 is 0 Å². The second kappa shape index (κ2) is 9.14. The lowest BCUT2D eigenvalue weighted by Gasteiger charge is -2.35. The van der Waals surface area contributed by atoms with Crippen molar-refractivity contribution in [1.82, 2.24) is 24.5 Å². The molecule has 6 rings (SSSR count). The molecule has 0 atom stereocenters. The van der Waals surface area contributed by atoms with Crippen LogP contribution in [0.25, 0.3) is 16.8 Å². The van der Waals surface area contributed by atoms with E-state index in [0.717, 1.165) is 67.2 Å². The molecule has 3 aromatic heterocycles. The number of nitrogens with zero attached hydrogens (tertiary/aromatic N) is 6. The van der Waals surface area contributed by atoms with E-state index in [4.69, 9.17) is 9.72 Å². The smallest absolute Gasteiger partial charge is 0.227 e. The van der Waals surface area contributed by atoms with E-state index in [-0.39, 0.29) is 5.91 Å². The molecule has 0 bridgehead atoms. The van der Waals surface area contributed by atoms with Crippen LogP contribution in [0.3, 0.4) is 0 Å². The summed E-state index contributed by atoms with van der Waals surface area (Å²) >= 11 is 0. The third-order valence-corrected chi connectivity index (χ3v) is 7.04. The highest BCUT2D eigenvalue weighted by atomic mass is 16.5. The Morgan fingerprint density at radius 2 is 1.92 bits per heavy atom. The van der Waals surface area contributed by atoms with Crippen LogP contribution in [0.1, 0.15) is 31.2 Å². The minimum absolute atomic E-state index is 0.128. The van der Waals surface area contributed by atoms with Gasteiger partial charge in [0.25, 0.3) is 0 Å². The van der Waals surface area contributed by atoms with Crippen LogP contribution in [0.5, 0.6) is 5.75 Å². The van der Waals surface area contributed by atoms with Gasteiger partial charge in [0.2, 0.25) is 11.9 Å². The van der Waals surface area contributed by atoms with Crippen molar-refractivity contribution >= 4 is 28.7 Å². The highest BCUT2D eigenvalue weighted by Gasteiger charge is 2.29. The predicted molar refractivity (Wildman–Crippen MR) is 139 cm³/mol. The fourth-order valence-corrected chi connectivity index (χ4v) is 4.86. The van der Waals surface area contributed by atoms with Crippen molar-refractivity contribution in [3.05, 3.63) is 60.6 Å². The van der Waals surface area contributed by atoms with Crippen LogP contribution < -0.4 is 15.0 Å². The molecule has 1 saturated heterocycles. The zero-order valence-corrected chi connectivity index (χ0v) is 20.5. The SMILES string of the molecule is COc1cc(N2CCN(C(C)=O)CC2)ccc1Nc1ncc(C2CC2)c(-c2cnn3ccccc23)n1. The van der Waals surface area contributed by atoms with Crippen LogP contribution in [-0.2, 0) is 4.79 Å². The number of fused-ring (bicyclic) bond motifs is 1. The number of piperazine rings is 1. The quantitative estimate of drug-likeness (QED) is 0.442. The van der Waals surface area contributed by atoms with Gasteiger partial charge in [-0.05, 0) is 43.0 Å². The molecule has 184 valence electrons. The Labute approximate surface area is 209 Å². The van der Waals surface area contributed by atoms with E-state index in [0.29, 0.717) is 17.6 Å². The van der Waals surface area contributed by atoms with Crippen molar-refractivity contribution in [2.45, 2.75) is 25.7 Å². The number of hydrogen-bond acceptors (Lipinski definition) is 7. The highest BCUT2D eigenvalue weighted by Crippen LogP contribution is 2.44. The van der Waals surface area contributed by atoms with Crippen molar-refractivity contribution in [2.75, 3.05) is 43.5 Å². The summed E-state index contributed by atoms with van der Waals surface area (Å²) in [6, 6.07) is 12.1. The van der Waals surface area contributed by atoms with E-state index in [1.807, 2.05) is 52.3 Å². The maximum absolute atomic E-state index is 11.6. The zero-order valence-electron chi connectivity index (χ0n) is 20.5. The highest BCUT2D eigenvalue weighted by molar-refractivity contribution is 5.81. The Kier molecular flexibility index (Phi) is 5.67. The van der Waals surface area contributed by atoms with E-state index < -0.39 is 0 Å². The van der Waals surface area contributed by atoms with Gasteiger partial charge in [0.15, 0.2) is 0 Å². The molecule has 1 N–H and O–H groups in total. The lowest BCUT2D eigenvalue weighted by molar-refractivity contribution is -0.129. The largest absolute Gasteiger partial charge is 0.494 e. The van der Waals surface area contributed by atoms with Gasteiger partial charge in [-0.2, -0.15) is 5.10 Å². The maximum atomic E-state index is 11.6. The fraction of sp³-hybridized carbons (Fsp3) is 0.333. The summed E-state index contributed by atoms with van der Waals surface area (Å²) in [4.78, 5) is 25.4. The molecular weight excluding hydrogens is 454 g/mol. The monoisotopic (exact) mass is 483 g/mol. The number of ether oxygens (including phenoxy) is 1. The summed E-state index contributed by atoms with van der Waals surface area (Å²) in [5, 5.41) is 7.88. The number of methoxy groups -OCH3 is 1. The van der Waals surface area contributed by atoms with Crippen LogP contribution in [0.15, 0.2) is 55.0 Å². The number of carbonyl (C=O) groups excluding carboxylic acids is 1. The molecule has 4 aromatic rings. The third kappa shape index (κ3) is 4.21. The standard InChI is InChI=1S/C27H29N7O2/c1-18(35)32-11-13-33(14-12-32)20-8-9-23(25(15-20)36-2)30-27-28-16-21(19-6-7-19)26(31-27)22-17-29-34-10-4-3-5-24(22)34/h3-5,8-10,15-17,19H,6-7,11-14H2,1-2H3,(H,28,30,31). The van der Waals surface area contributed by atoms with E-state index in [2.05, 4.69) is 32.4 Å². The number of carbonyl (C=O) groups is 1. The summed E-state index contributed by atoms with van der Waals surface area (Å²) in [5.74, 6) is 1.87. The Morgan fingerprint density at radius 1 is 1.08 bits per heavy atom. The fourth-order valence-electron chi connectivity index (χ4n) is 4.86. The summed E-state index contributed by atoms with van der Waals surface area (Å²) in [7, 11) is 1.67. The van der Waals surface area contributed by atoms with Crippen molar-refractivity contribution in [2.24, 2.45) is 0 Å². The van der Waals surface area contributed by atoms with Gasteiger partial charge in [0.05, 0.1) is 30.2 Å². The molecule has 36 heavy (non-hydrogen) atoms. The average molecular weight is 484 g/mol. The van der Waals surface area contributed by atoms with Crippen LogP contribution in [0.4, 0.5) is 17.3 Å². The van der Waals surface area contributed by atoms with Crippen LogP contribution in [0.2, 0.25) is 0 Å². The Bertz CT molecular complexity index is 1420. The summed E-state index contributed by atoms with van der Waals surface area (Å²) < 4.78 is 7.59. The Morgan fingerprint density at radius 3 is 2.67 bits per heavy atom. The molecule has 1 aromatic carbocycles. The van der Waals surface area contributed by atoms with Crippen LogP contribution in [-0.4, -0.2) is 63.7 Å². The number of aromatic nitrogens is 4. The second-order valence-electron chi connectivity index (χ2n) is 9.36. The first kappa shape index (κ1) is 22.3. The molecule has 1 saturated carbocycles. The molecule has 1 aliphatic heterocycles. The summed E-state index contributed by atoms with van der Waals surface area (Å²) in [5.41, 5.74) is 6.00. The first-order valence-corrected chi connectivity index (χ1v) is 12.4. The minimum atomic E-state index is 0.128. The lowest BCUT2D eigenvalue weighted by atomic mass is 10.1. The molecule has 4 heterocycles. The second-order valence-corrected chi connectivity index (χ2v) is 9.36. The average Bonchev–Trinajstić information content (AvgIpc) is 3.67. The predicted octanol–water partition coefficient (Wildman–Crippen LogP) is 4.09. The molecule has 9 nitrogen and oxygen atoms in total. The van der Waals surface area contributed by atoms with Gasteiger partial charge in [0.1, 0.15) is 5.75 Å².